The summed E-state index contributed by atoms with van der Waals surface area (Å²) in [5.74, 6) is 0.436. The highest BCUT2D eigenvalue weighted by Crippen LogP contribution is 2.27. The molecular formula is C22H24N4O4. The number of benzene rings is 1. The van der Waals surface area contributed by atoms with E-state index in [1.807, 2.05) is 6.92 Å². The second kappa shape index (κ2) is 7.12. The van der Waals surface area contributed by atoms with E-state index in [1.54, 1.807) is 51.1 Å². The van der Waals surface area contributed by atoms with Crippen molar-refractivity contribution >= 4 is 22.9 Å². The SMILES string of the molecule is CC1CCn2c(ncc(-c3ccc4cc(O)ccc4n3)c2=O)N1C(=O)OC(C)(C)C. The zero-order chi connectivity index (χ0) is 21.6. The van der Waals surface area contributed by atoms with Crippen LogP contribution in [0, 0.1) is 0 Å². The van der Waals surface area contributed by atoms with Crippen LogP contribution >= 0.6 is 0 Å². The van der Waals surface area contributed by atoms with E-state index >= 15 is 0 Å². The molecule has 0 radical (unpaired) electrons. The second-order valence-corrected chi connectivity index (χ2v) is 8.49. The van der Waals surface area contributed by atoms with E-state index in [0.29, 0.717) is 29.7 Å². The number of carbonyl (C=O) groups excluding carboxylic acids is 1. The van der Waals surface area contributed by atoms with Gasteiger partial charge in [-0.25, -0.2) is 19.7 Å². The summed E-state index contributed by atoms with van der Waals surface area (Å²) in [7, 11) is 0. The molecule has 1 aliphatic rings. The van der Waals surface area contributed by atoms with Crippen LogP contribution < -0.4 is 10.5 Å². The number of ether oxygens (including phenoxy) is 1. The monoisotopic (exact) mass is 408 g/mol. The molecule has 0 spiro atoms. The van der Waals surface area contributed by atoms with Crippen molar-refractivity contribution in [2.24, 2.45) is 0 Å². The molecule has 3 heterocycles. The van der Waals surface area contributed by atoms with Crippen molar-refractivity contribution in [3.8, 4) is 17.0 Å². The van der Waals surface area contributed by atoms with Gasteiger partial charge in [-0.3, -0.25) is 9.36 Å². The Morgan fingerprint density at radius 2 is 2.00 bits per heavy atom. The minimum Gasteiger partial charge on any atom is -0.508 e. The average molecular weight is 408 g/mol. The first-order chi connectivity index (χ1) is 14.1. The molecule has 4 rings (SSSR count). The van der Waals surface area contributed by atoms with Gasteiger partial charge in [0.25, 0.3) is 5.56 Å². The summed E-state index contributed by atoms with van der Waals surface area (Å²) in [6, 6.07) is 8.26. The first-order valence-electron chi connectivity index (χ1n) is 9.86. The molecule has 8 heteroatoms. The van der Waals surface area contributed by atoms with E-state index in [4.69, 9.17) is 4.74 Å². The Balaban J connectivity index is 1.77. The maximum Gasteiger partial charge on any atom is 0.417 e. The Labute approximate surface area is 173 Å². The molecular weight excluding hydrogens is 384 g/mol. The zero-order valence-corrected chi connectivity index (χ0v) is 17.4. The average Bonchev–Trinajstić information content (AvgIpc) is 2.66. The maximum atomic E-state index is 13.2. The van der Waals surface area contributed by atoms with E-state index < -0.39 is 11.7 Å². The zero-order valence-electron chi connectivity index (χ0n) is 17.4. The van der Waals surface area contributed by atoms with Gasteiger partial charge in [-0.2, -0.15) is 0 Å². The van der Waals surface area contributed by atoms with Crippen molar-refractivity contribution in [3.05, 3.63) is 46.9 Å². The number of hydrogen-bond acceptors (Lipinski definition) is 6. The molecule has 0 fully saturated rings. The fourth-order valence-electron chi connectivity index (χ4n) is 3.53. The lowest BCUT2D eigenvalue weighted by atomic mass is 10.1. The quantitative estimate of drug-likeness (QED) is 0.659. The first-order valence-corrected chi connectivity index (χ1v) is 9.86. The van der Waals surface area contributed by atoms with Gasteiger partial charge in [0.15, 0.2) is 0 Å². The van der Waals surface area contributed by atoms with Crippen molar-refractivity contribution in [1.29, 1.82) is 0 Å². The number of anilines is 1. The number of amides is 1. The van der Waals surface area contributed by atoms with E-state index in [0.717, 1.165) is 5.39 Å². The van der Waals surface area contributed by atoms with Crippen molar-refractivity contribution in [2.75, 3.05) is 4.90 Å². The summed E-state index contributed by atoms with van der Waals surface area (Å²) in [6.07, 6.45) is 1.55. The van der Waals surface area contributed by atoms with Gasteiger partial charge in [0.1, 0.15) is 11.4 Å². The van der Waals surface area contributed by atoms with Gasteiger partial charge in [-0.15, -0.1) is 0 Å². The Morgan fingerprint density at radius 3 is 2.73 bits per heavy atom. The predicted molar refractivity (Wildman–Crippen MR) is 114 cm³/mol. The van der Waals surface area contributed by atoms with Crippen LogP contribution in [0.4, 0.5) is 10.7 Å². The Hall–Kier alpha value is -3.42. The molecule has 0 saturated heterocycles. The molecule has 8 nitrogen and oxygen atoms in total. The molecule has 2 aromatic heterocycles. The highest BCUT2D eigenvalue weighted by atomic mass is 16.6. The highest BCUT2D eigenvalue weighted by molar-refractivity contribution is 5.87. The normalized spacial score (nSPS) is 16.4. The summed E-state index contributed by atoms with van der Waals surface area (Å²) < 4.78 is 7.02. The van der Waals surface area contributed by atoms with Gasteiger partial charge in [0.2, 0.25) is 5.95 Å². The van der Waals surface area contributed by atoms with Crippen molar-refractivity contribution in [2.45, 2.75) is 52.3 Å². The van der Waals surface area contributed by atoms with E-state index in [9.17, 15) is 14.7 Å². The molecule has 1 N–H and O–H groups in total. The molecule has 1 amide bonds. The summed E-state index contributed by atoms with van der Waals surface area (Å²) in [6.45, 7) is 7.77. The van der Waals surface area contributed by atoms with Crippen LogP contribution in [0.5, 0.6) is 5.75 Å². The minimum absolute atomic E-state index is 0.135. The van der Waals surface area contributed by atoms with Gasteiger partial charge >= 0.3 is 6.09 Å². The van der Waals surface area contributed by atoms with Crippen LogP contribution in [0.1, 0.15) is 34.1 Å². The Morgan fingerprint density at radius 1 is 1.23 bits per heavy atom. The Kier molecular flexibility index (Phi) is 4.72. The van der Waals surface area contributed by atoms with E-state index in [1.165, 1.54) is 15.7 Å². The summed E-state index contributed by atoms with van der Waals surface area (Å²) in [4.78, 5) is 36.4. The number of phenols is 1. The number of carbonyl (C=O) groups is 1. The maximum absolute atomic E-state index is 13.2. The summed E-state index contributed by atoms with van der Waals surface area (Å²) >= 11 is 0. The highest BCUT2D eigenvalue weighted by Gasteiger charge is 2.34. The number of aromatic nitrogens is 3. The number of aromatic hydroxyl groups is 1. The van der Waals surface area contributed by atoms with Crippen LogP contribution in [0.3, 0.4) is 0 Å². The third-order valence-electron chi connectivity index (χ3n) is 4.99. The molecule has 0 saturated carbocycles. The molecule has 0 bridgehead atoms. The lowest BCUT2D eigenvalue weighted by molar-refractivity contribution is 0.0555. The van der Waals surface area contributed by atoms with Crippen molar-refractivity contribution < 1.29 is 14.6 Å². The third-order valence-corrected chi connectivity index (χ3v) is 4.99. The minimum atomic E-state index is -0.650. The standard InChI is InChI=1S/C22H24N4O4/c1-13-9-10-25-19(28)16(12-23-20(25)26(13)21(29)30-22(2,3)4)18-7-5-14-11-15(27)6-8-17(14)24-18/h5-8,11-13,27H,9-10H2,1-4H3. The number of nitrogens with zero attached hydrogens (tertiary/aromatic N) is 4. The number of pyridine rings is 1. The lowest BCUT2D eigenvalue weighted by Gasteiger charge is -2.35. The van der Waals surface area contributed by atoms with Gasteiger partial charge in [-0.1, -0.05) is 6.07 Å². The molecule has 1 unspecified atom stereocenters. The van der Waals surface area contributed by atoms with Crippen molar-refractivity contribution in [3.63, 3.8) is 0 Å². The molecule has 1 aromatic carbocycles. The number of hydrogen-bond donors (Lipinski definition) is 1. The lowest BCUT2D eigenvalue weighted by Crippen LogP contribution is -2.49. The van der Waals surface area contributed by atoms with Crippen LogP contribution in [0.15, 0.2) is 41.3 Å². The fraction of sp³-hybridized carbons (Fsp3) is 0.364. The molecule has 1 atom stereocenters. The van der Waals surface area contributed by atoms with Crippen LogP contribution in [0.2, 0.25) is 0 Å². The molecule has 1 aliphatic heterocycles. The fourth-order valence-corrected chi connectivity index (χ4v) is 3.53. The van der Waals surface area contributed by atoms with Crippen LogP contribution in [0.25, 0.3) is 22.2 Å². The molecule has 3 aromatic rings. The van der Waals surface area contributed by atoms with Crippen molar-refractivity contribution in [1.82, 2.24) is 14.5 Å². The van der Waals surface area contributed by atoms with E-state index in [-0.39, 0.29) is 23.3 Å². The number of fused-ring (bicyclic) bond motifs is 2. The van der Waals surface area contributed by atoms with Crippen LogP contribution in [-0.4, -0.2) is 37.4 Å². The second-order valence-electron chi connectivity index (χ2n) is 8.49. The third kappa shape index (κ3) is 3.60. The van der Waals surface area contributed by atoms with Gasteiger partial charge < -0.3 is 9.84 Å². The first kappa shape index (κ1) is 19.9. The number of phenolic OH excluding ortho intramolecular Hbond substituents is 1. The summed E-state index contributed by atoms with van der Waals surface area (Å²) in [5, 5.41) is 10.4. The van der Waals surface area contributed by atoms with Gasteiger partial charge in [0, 0.05) is 24.2 Å². The number of rotatable bonds is 1. The van der Waals surface area contributed by atoms with Crippen LogP contribution in [-0.2, 0) is 11.3 Å². The molecule has 30 heavy (non-hydrogen) atoms. The topological polar surface area (TPSA) is 97.5 Å². The van der Waals surface area contributed by atoms with Gasteiger partial charge in [-0.05, 0) is 58.4 Å². The smallest absolute Gasteiger partial charge is 0.417 e. The predicted octanol–water partition coefficient (Wildman–Crippen LogP) is 3.70. The largest absolute Gasteiger partial charge is 0.508 e. The van der Waals surface area contributed by atoms with Gasteiger partial charge in [0.05, 0.1) is 16.8 Å². The van der Waals surface area contributed by atoms with E-state index in [2.05, 4.69) is 9.97 Å². The Bertz CT molecular complexity index is 1200. The molecule has 0 aliphatic carbocycles. The summed E-state index contributed by atoms with van der Waals surface area (Å²) in [5.41, 5.74) is 0.598. The molecule has 156 valence electrons.